The predicted octanol–water partition coefficient (Wildman–Crippen LogP) is 1.05. The Hall–Kier alpha value is -1.02. The molecule has 6 heteroatoms. The van der Waals surface area contributed by atoms with Gasteiger partial charge in [0.1, 0.15) is 0 Å². The zero-order chi connectivity index (χ0) is 17.9. The third-order valence-corrected chi connectivity index (χ3v) is 5.49. The molecule has 3 rings (SSSR count). The van der Waals surface area contributed by atoms with E-state index in [0.717, 1.165) is 37.1 Å². The van der Waals surface area contributed by atoms with Gasteiger partial charge < -0.3 is 29.7 Å². The molecule has 3 atom stereocenters. The van der Waals surface area contributed by atoms with E-state index in [4.69, 9.17) is 14.6 Å². The molecule has 3 unspecified atom stereocenters. The Morgan fingerprint density at radius 2 is 1.68 bits per heavy atom. The summed E-state index contributed by atoms with van der Waals surface area (Å²) in [5, 5.41) is 30.2. The summed E-state index contributed by atoms with van der Waals surface area (Å²) in [6.45, 7) is 5.36. The van der Waals surface area contributed by atoms with Gasteiger partial charge in [-0.2, -0.15) is 0 Å². The van der Waals surface area contributed by atoms with Gasteiger partial charge in [-0.15, -0.1) is 0 Å². The quantitative estimate of drug-likeness (QED) is 0.711. The summed E-state index contributed by atoms with van der Waals surface area (Å²) in [6, 6.07) is 7.20. The molecular weight excluding hydrogens is 322 g/mol. The van der Waals surface area contributed by atoms with E-state index in [2.05, 4.69) is 4.90 Å². The number of benzene rings is 1. The number of β-amino-alcohol motifs (C(OH)–C–C–N with tert-alkyl or cyclic N) is 1. The van der Waals surface area contributed by atoms with Crippen LogP contribution in [0, 0.1) is 5.92 Å². The van der Waals surface area contributed by atoms with Crippen molar-refractivity contribution in [1.29, 1.82) is 0 Å². The molecule has 140 valence electrons. The van der Waals surface area contributed by atoms with Crippen molar-refractivity contribution < 1.29 is 24.8 Å². The lowest BCUT2D eigenvalue weighted by atomic mass is 9.91. The molecule has 25 heavy (non-hydrogen) atoms. The summed E-state index contributed by atoms with van der Waals surface area (Å²) in [7, 11) is 0. The molecule has 0 amide bonds. The second kappa shape index (κ2) is 8.12. The molecule has 2 aliphatic rings. The van der Waals surface area contributed by atoms with Crippen LogP contribution in [-0.4, -0.2) is 65.0 Å². The molecule has 1 aromatic rings. The fourth-order valence-electron chi connectivity index (χ4n) is 3.63. The molecule has 2 aliphatic heterocycles. The molecule has 6 nitrogen and oxygen atoms in total. The molecule has 3 N–H and O–H groups in total. The van der Waals surface area contributed by atoms with Crippen LogP contribution in [0.5, 0.6) is 0 Å². The first-order valence-corrected chi connectivity index (χ1v) is 9.09. The maximum absolute atomic E-state index is 10.6. The Morgan fingerprint density at radius 3 is 2.24 bits per heavy atom. The molecule has 2 saturated heterocycles. The van der Waals surface area contributed by atoms with Gasteiger partial charge in [0.05, 0.1) is 32.0 Å². The molecular formula is C19H29NO5. The summed E-state index contributed by atoms with van der Waals surface area (Å²) in [6.07, 6.45) is 0.283. The lowest BCUT2D eigenvalue weighted by molar-refractivity contribution is -0.187. The number of hydrogen-bond acceptors (Lipinski definition) is 6. The first-order valence-electron chi connectivity index (χ1n) is 9.09. The summed E-state index contributed by atoms with van der Waals surface area (Å²) in [5.41, 5.74) is 1.57. The summed E-state index contributed by atoms with van der Waals surface area (Å²) >= 11 is 0. The Morgan fingerprint density at radius 1 is 1.08 bits per heavy atom. The number of ether oxygens (including phenoxy) is 2. The van der Waals surface area contributed by atoms with Crippen LogP contribution in [0.2, 0.25) is 0 Å². The lowest BCUT2D eigenvalue weighted by Gasteiger charge is -2.39. The highest BCUT2D eigenvalue weighted by Crippen LogP contribution is 2.32. The van der Waals surface area contributed by atoms with Gasteiger partial charge in [-0.25, -0.2) is 0 Å². The smallest absolute Gasteiger partial charge is 0.170 e. The lowest BCUT2D eigenvalue weighted by Crippen LogP contribution is -2.48. The molecule has 1 spiro atoms. The van der Waals surface area contributed by atoms with Crippen LogP contribution in [0.1, 0.15) is 37.0 Å². The second-order valence-corrected chi connectivity index (χ2v) is 7.18. The number of hydrogen-bond donors (Lipinski definition) is 3. The second-order valence-electron chi connectivity index (χ2n) is 7.18. The molecule has 2 fully saturated rings. The number of rotatable bonds is 6. The number of likely N-dealkylation sites (tertiary alicyclic amines) is 1. The van der Waals surface area contributed by atoms with Gasteiger partial charge in [-0.3, -0.25) is 0 Å². The van der Waals surface area contributed by atoms with Crippen molar-refractivity contribution in [2.24, 2.45) is 5.92 Å². The monoisotopic (exact) mass is 351 g/mol. The van der Waals surface area contributed by atoms with E-state index in [1.54, 1.807) is 24.3 Å². The van der Waals surface area contributed by atoms with Crippen LogP contribution in [0.3, 0.4) is 0 Å². The van der Waals surface area contributed by atoms with Gasteiger partial charge in [0.2, 0.25) is 0 Å². The SMILES string of the molecule is CC(C(O)CN1CCC2(CC1)OCCO2)C(O)c1ccc(CO)cc1. The summed E-state index contributed by atoms with van der Waals surface area (Å²) < 4.78 is 11.5. The number of aliphatic hydroxyl groups excluding tert-OH is 3. The highest BCUT2D eigenvalue weighted by atomic mass is 16.7. The predicted molar refractivity (Wildman–Crippen MR) is 92.8 cm³/mol. The minimum Gasteiger partial charge on any atom is -0.392 e. The van der Waals surface area contributed by atoms with E-state index < -0.39 is 18.0 Å². The van der Waals surface area contributed by atoms with Crippen molar-refractivity contribution in [3.8, 4) is 0 Å². The van der Waals surface area contributed by atoms with Crippen molar-refractivity contribution >= 4 is 0 Å². The maximum Gasteiger partial charge on any atom is 0.170 e. The number of aliphatic hydroxyl groups is 3. The zero-order valence-corrected chi connectivity index (χ0v) is 14.8. The zero-order valence-electron chi connectivity index (χ0n) is 14.8. The first kappa shape index (κ1) is 18.8. The fraction of sp³-hybridized carbons (Fsp3) is 0.684. The Kier molecular flexibility index (Phi) is 6.09. The van der Waals surface area contributed by atoms with E-state index in [9.17, 15) is 10.2 Å². The van der Waals surface area contributed by atoms with Gasteiger partial charge in [0.15, 0.2) is 5.79 Å². The van der Waals surface area contributed by atoms with Gasteiger partial charge >= 0.3 is 0 Å². The first-order chi connectivity index (χ1) is 12.0. The fourth-order valence-corrected chi connectivity index (χ4v) is 3.63. The van der Waals surface area contributed by atoms with Crippen molar-refractivity contribution in [1.82, 2.24) is 4.90 Å². The van der Waals surface area contributed by atoms with Gasteiger partial charge in [0, 0.05) is 38.4 Å². The van der Waals surface area contributed by atoms with Crippen LogP contribution in [0.15, 0.2) is 24.3 Å². The van der Waals surface area contributed by atoms with Gasteiger partial charge in [0.25, 0.3) is 0 Å². The largest absolute Gasteiger partial charge is 0.392 e. The van der Waals surface area contributed by atoms with Crippen LogP contribution in [0.4, 0.5) is 0 Å². The van der Waals surface area contributed by atoms with E-state index in [0.29, 0.717) is 19.8 Å². The molecule has 0 saturated carbocycles. The topological polar surface area (TPSA) is 82.4 Å². The highest BCUT2D eigenvalue weighted by Gasteiger charge is 2.40. The van der Waals surface area contributed by atoms with E-state index in [1.807, 2.05) is 6.92 Å². The molecule has 0 aliphatic carbocycles. The van der Waals surface area contributed by atoms with E-state index in [-0.39, 0.29) is 12.5 Å². The Labute approximate surface area is 149 Å². The minimum absolute atomic E-state index is 0.0154. The number of nitrogens with zero attached hydrogens (tertiary/aromatic N) is 1. The molecule has 1 aromatic carbocycles. The van der Waals surface area contributed by atoms with Crippen molar-refractivity contribution in [2.45, 2.75) is 44.4 Å². The van der Waals surface area contributed by atoms with Crippen molar-refractivity contribution in [3.63, 3.8) is 0 Å². The third-order valence-electron chi connectivity index (χ3n) is 5.49. The van der Waals surface area contributed by atoms with Gasteiger partial charge in [-0.05, 0) is 11.1 Å². The molecule has 0 bridgehead atoms. The van der Waals surface area contributed by atoms with Gasteiger partial charge in [-0.1, -0.05) is 31.2 Å². The van der Waals surface area contributed by atoms with Crippen LogP contribution in [0.25, 0.3) is 0 Å². The Bertz CT molecular complexity index is 533. The third kappa shape index (κ3) is 4.39. The molecule has 2 heterocycles. The van der Waals surface area contributed by atoms with Crippen LogP contribution >= 0.6 is 0 Å². The van der Waals surface area contributed by atoms with Crippen LogP contribution < -0.4 is 0 Å². The van der Waals surface area contributed by atoms with Crippen LogP contribution in [-0.2, 0) is 16.1 Å². The average molecular weight is 351 g/mol. The highest BCUT2D eigenvalue weighted by molar-refractivity contribution is 5.24. The minimum atomic E-state index is -0.736. The standard InChI is InChI=1S/C19H29NO5/c1-14(18(23)16-4-2-15(13-21)3-5-16)17(22)12-20-8-6-19(7-9-20)24-10-11-25-19/h2-5,14,17-18,21-23H,6-13H2,1H3. The normalized spacial score (nSPS) is 24.3. The maximum atomic E-state index is 10.6. The summed E-state index contributed by atoms with van der Waals surface area (Å²) in [4.78, 5) is 2.21. The van der Waals surface area contributed by atoms with Crippen molar-refractivity contribution in [2.75, 3.05) is 32.8 Å². The Balaban J connectivity index is 1.50. The van der Waals surface area contributed by atoms with Crippen molar-refractivity contribution in [3.05, 3.63) is 35.4 Å². The van der Waals surface area contributed by atoms with E-state index in [1.165, 1.54) is 0 Å². The van der Waals surface area contributed by atoms with E-state index >= 15 is 0 Å². The molecule has 0 radical (unpaired) electrons. The number of piperidine rings is 1. The average Bonchev–Trinajstić information content (AvgIpc) is 3.11. The molecule has 0 aromatic heterocycles. The summed E-state index contributed by atoms with van der Waals surface area (Å²) in [5.74, 6) is -0.684.